The number of aryl methyl sites for hydroxylation is 1. The number of anilines is 1. The van der Waals surface area contributed by atoms with E-state index in [1.165, 1.54) is 12.8 Å². The molecule has 9 nitrogen and oxygen atoms in total. The monoisotopic (exact) mass is 491 g/mol. The molecule has 1 saturated heterocycles. The van der Waals surface area contributed by atoms with Crippen molar-refractivity contribution >= 4 is 24.0 Å². The number of aromatic nitrogens is 1. The average molecular weight is 492 g/mol. The van der Waals surface area contributed by atoms with Crippen molar-refractivity contribution in [2.45, 2.75) is 58.3 Å². The number of imide groups is 1. The van der Waals surface area contributed by atoms with E-state index in [1.54, 1.807) is 4.90 Å². The first-order chi connectivity index (χ1) is 17.4. The number of likely N-dealkylation sites (tertiary alicyclic amines) is 1. The molecule has 4 heterocycles. The van der Waals surface area contributed by atoms with Crippen molar-refractivity contribution in [3.8, 4) is 17.0 Å². The Morgan fingerprint density at radius 3 is 2.81 bits per heavy atom. The molecule has 3 aliphatic rings. The zero-order valence-corrected chi connectivity index (χ0v) is 21.1. The summed E-state index contributed by atoms with van der Waals surface area (Å²) < 4.78 is 6.31. The zero-order valence-electron chi connectivity index (χ0n) is 21.1. The highest BCUT2D eigenvalue weighted by molar-refractivity contribution is 5.99. The first kappa shape index (κ1) is 24.2. The van der Waals surface area contributed by atoms with E-state index in [-0.39, 0.29) is 30.5 Å². The minimum Gasteiger partial charge on any atom is -0.465 e. The maximum Gasteiger partial charge on any atom is 0.254 e. The highest BCUT2D eigenvalue weighted by Gasteiger charge is 2.34. The van der Waals surface area contributed by atoms with Crippen LogP contribution in [-0.4, -0.2) is 72.0 Å². The van der Waals surface area contributed by atoms with Crippen molar-refractivity contribution in [3.05, 3.63) is 41.0 Å². The second-order valence-corrected chi connectivity index (χ2v) is 10.0. The molecule has 2 unspecified atom stereocenters. The number of hydrogen-bond donors (Lipinski definition) is 1. The van der Waals surface area contributed by atoms with Crippen LogP contribution < -0.4 is 15.0 Å². The first-order valence-corrected chi connectivity index (χ1v) is 12.7. The van der Waals surface area contributed by atoms with Crippen LogP contribution in [0.25, 0.3) is 11.3 Å². The number of benzene rings is 1. The summed E-state index contributed by atoms with van der Waals surface area (Å²) in [5, 5.41) is 2.15. The molecular formula is C27H33N5O4. The molecule has 0 saturated carbocycles. The van der Waals surface area contributed by atoms with E-state index in [9.17, 15) is 14.4 Å². The van der Waals surface area contributed by atoms with Gasteiger partial charge in [-0.1, -0.05) is 6.07 Å². The molecule has 0 aliphatic carbocycles. The second-order valence-electron chi connectivity index (χ2n) is 10.0. The summed E-state index contributed by atoms with van der Waals surface area (Å²) in [6, 6.07) is 7.80. The molecule has 1 aromatic heterocycles. The number of carbonyl (C=O) groups is 3. The number of amides is 3. The predicted molar refractivity (Wildman–Crippen MR) is 136 cm³/mol. The number of ether oxygens (including phenoxy) is 1. The smallest absolute Gasteiger partial charge is 0.254 e. The lowest BCUT2D eigenvalue weighted by atomic mass is 10.0. The van der Waals surface area contributed by atoms with Gasteiger partial charge in [0.05, 0.1) is 12.2 Å². The lowest BCUT2D eigenvalue weighted by Crippen LogP contribution is -2.41. The molecule has 2 atom stereocenters. The molecule has 0 bridgehead atoms. The molecule has 3 aliphatic heterocycles. The van der Waals surface area contributed by atoms with Crippen LogP contribution in [0.3, 0.4) is 0 Å². The van der Waals surface area contributed by atoms with Crippen LogP contribution in [0.4, 0.5) is 5.82 Å². The number of likely N-dealkylation sites (N-methyl/N-ethyl adjacent to an activating group) is 1. The second kappa shape index (κ2) is 9.89. The molecular weight excluding hydrogens is 458 g/mol. The number of hydrogen-bond acceptors (Lipinski definition) is 7. The maximum absolute atomic E-state index is 13.0. The van der Waals surface area contributed by atoms with E-state index in [4.69, 9.17) is 9.72 Å². The molecule has 0 spiro atoms. The van der Waals surface area contributed by atoms with Gasteiger partial charge in [0.2, 0.25) is 12.3 Å². The Morgan fingerprint density at radius 2 is 2.06 bits per heavy atom. The summed E-state index contributed by atoms with van der Waals surface area (Å²) in [5.41, 5.74) is 4.51. The minimum atomic E-state index is -0.335. The SMILES string of the molecule is Cc1cc(-c2ccc3c(c2)CN(C(C)CCC(=O)NC=O)C3=O)nc2c1OC(CN1CCCC1)N2C. The maximum atomic E-state index is 13.0. The third-order valence-corrected chi connectivity index (χ3v) is 7.55. The van der Waals surface area contributed by atoms with Gasteiger partial charge < -0.3 is 14.5 Å². The summed E-state index contributed by atoms with van der Waals surface area (Å²) in [6.45, 7) is 7.58. The Kier molecular flexibility index (Phi) is 6.66. The normalized spacial score (nSPS) is 19.8. The third kappa shape index (κ3) is 4.55. The van der Waals surface area contributed by atoms with E-state index < -0.39 is 0 Å². The Bertz CT molecular complexity index is 1190. The summed E-state index contributed by atoms with van der Waals surface area (Å²) in [4.78, 5) is 46.4. The highest BCUT2D eigenvalue weighted by atomic mass is 16.5. The van der Waals surface area contributed by atoms with Crippen LogP contribution in [-0.2, 0) is 16.1 Å². The van der Waals surface area contributed by atoms with Gasteiger partial charge in [0, 0.05) is 37.2 Å². The zero-order chi connectivity index (χ0) is 25.4. The van der Waals surface area contributed by atoms with E-state index in [2.05, 4.69) is 28.1 Å². The molecule has 0 radical (unpaired) electrons. The van der Waals surface area contributed by atoms with Gasteiger partial charge in [-0.25, -0.2) is 4.98 Å². The predicted octanol–water partition coefficient (Wildman–Crippen LogP) is 2.70. The van der Waals surface area contributed by atoms with Crippen molar-refractivity contribution in [1.82, 2.24) is 20.1 Å². The quantitative estimate of drug-likeness (QED) is 0.568. The van der Waals surface area contributed by atoms with Crippen LogP contribution >= 0.6 is 0 Å². The topological polar surface area (TPSA) is 95.1 Å². The number of fused-ring (bicyclic) bond motifs is 2. The van der Waals surface area contributed by atoms with Crippen molar-refractivity contribution in [3.63, 3.8) is 0 Å². The van der Waals surface area contributed by atoms with Crippen molar-refractivity contribution < 1.29 is 19.1 Å². The molecule has 5 rings (SSSR count). The summed E-state index contributed by atoms with van der Waals surface area (Å²) in [7, 11) is 2.04. The van der Waals surface area contributed by atoms with Gasteiger partial charge >= 0.3 is 0 Å². The van der Waals surface area contributed by atoms with Crippen LogP contribution in [0.1, 0.15) is 54.1 Å². The Labute approximate surface area is 211 Å². The van der Waals surface area contributed by atoms with E-state index in [1.807, 2.05) is 32.2 Å². The van der Waals surface area contributed by atoms with Crippen LogP contribution in [0.2, 0.25) is 0 Å². The first-order valence-electron chi connectivity index (χ1n) is 12.7. The fourth-order valence-electron chi connectivity index (χ4n) is 5.37. The largest absolute Gasteiger partial charge is 0.465 e. The molecule has 36 heavy (non-hydrogen) atoms. The summed E-state index contributed by atoms with van der Waals surface area (Å²) in [5.74, 6) is 1.34. The van der Waals surface area contributed by atoms with Crippen molar-refractivity contribution in [2.24, 2.45) is 0 Å². The third-order valence-electron chi connectivity index (χ3n) is 7.55. The lowest BCUT2D eigenvalue weighted by Gasteiger charge is -2.24. The Hall–Kier alpha value is -3.46. The van der Waals surface area contributed by atoms with E-state index >= 15 is 0 Å². The van der Waals surface area contributed by atoms with Gasteiger partial charge in [0.25, 0.3) is 5.91 Å². The van der Waals surface area contributed by atoms with Crippen LogP contribution in [0.5, 0.6) is 5.75 Å². The molecule has 2 aromatic rings. The standard InChI is InChI=1S/C27H33N5O4/c1-17-12-22(29-26-25(17)36-24(30(26)3)15-31-10-4-5-11-31)19-7-8-21-20(13-19)14-32(27(21)35)18(2)6-9-23(34)28-16-33/h7-8,12-13,16,18,24H,4-6,9-11,14-15H2,1-3H3,(H,28,33,34). The molecule has 1 N–H and O–H groups in total. The van der Waals surface area contributed by atoms with Crippen molar-refractivity contribution in [1.29, 1.82) is 0 Å². The Balaban J connectivity index is 1.32. The summed E-state index contributed by atoms with van der Waals surface area (Å²) in [6.07, 6.45) is 3.52. The minimum absolute atomic E-state index is 0.0316. The van der Waals surface area contributed by atoms with Crippen molar-refractivity contribution in [2.75, 3.05) is 31.6 Å². The van der Waals surface area contributed by atoms with Gasteiger partial charge in [-0.15, -0.1) is 0 Å². The number of nitrogens with zero attached hydrogens (tertiary/aromatic N) is 4. The average Bonchev–Trinajstić information content (AvgIpc) is 3.57. The lowest BCUT2D eigenvalue weighted by molar-refractivity contribution is -0.125. The highest BCUT2D eigenvalue weighted by Crippen LogP contribution is 2.40. The Morgan fingerprint density at radius 1 is 1.28 bits per heavy atom. The molecule has 1 fully saturated rings. The molecule has 1 aromatic carbocycles. The van der Waals surface area contributed by atoms with E-state index in [0.29, 0.717) is 24.9 Å². The van der Waals surface area contributed by atoms with Gasteiger partial charge in [-0.05, 0) is 75.5 Å². The number of carbonyl (C=O) groups excluding carboxylic acids is 3. The number of nitrogens with one attached hydrogen (secondary N) is 1. The fourth-order valence-corrected chi connectivity index (χ4v) is 5.37. The molecule has 190 valence electrons. The molecule has 9 heteroatoms. The van der Waals surface area contributed by atoms with Gasteiger partial charge in [-0.2, -0.15) is 0 Å². The van der Waals surface area contributed by atoms with Crippen LogP contribution in [0, 0.1) is 6.92 Å². The number of pyridine rings is 1. The van der Waals surface area contributed by atoms with Gasteiger partial charge in [-0.3, -0.25) is 24.6 Å². The van der Waals surface area contributed by atoms with Gasteiger partial charge in [0.15, 0.2) is 17.8 Å². The number of rotatable bonds is 8. The van der Waals surface area contributed by atoms with E-state index in [0.717, 1.165) is 53.6 Å². The fraction of sp³-hybridized carbons (Fsp3) is 0.481. The molecule has 3 amide bonds. The summed E-state index contributed by atoms with van der Waals surface area (Å²) >= 11 is 0. The van der Waals surface area contributed by atoms with Gasteiger partial charge in [0.1, 0.15) is 0 Å². The van der Waals surface area contributed by atoms with Crippen LogP contribution in [0.15, 0.2) is 24.3 Å².